The molecule has 1 rings (SSSR count). The van der Waals surface area contributed by atoms with E-state index in [4.69, 9.17) is 4.98 Å². The molecule has 1 heteroatoms. The zero-order valence-corrected chi connectivity index (χ0v) is 45.4. The Morgan fingerprint density at radius 2 is 0.415 bits per heavy atom. The van der Waals surface area contributed by atoms with Crippen LogP contribution in [-0.4, -0.2) is 4.98 Å². The maximum Gasteiger partial charge on any atom is 0.0409 e. The van der Waals surface area contributed by atoms with Gasteiger partial charge in [-0.15, -0.1) is 0 Å². The van der Waals surface area contributed by atoms with Gasteiger partial charge in [-0.05, 0) is 56.2 Å². The Labute approximate surface area is 412 Å². The fourth-order valence-corrected chi connectivity index (χ4v) is 10.6. The van der Waals surface area contributed by atoms with Gasteiger partial charge in [-0.3, -0.25) is 4.98 Å². The SMILES string of the molecule is [CH2]CCc1cc(CCCCCCCCCCCCCCCCCCCCCCCCCCCC)nc(CCCCCCCCCCCCCCCCCCCCCCCCCCCC)c1. The van der Waals surface area contributed by atoms with Gasteiger partial charge in [0.15, 0.2) is 0 Å². The first-order valence-electron chi connectivity index (χ1n) is 31.1. The van der Waals surface area contributed by atoms with Gasteiger partial charge >= 0.3 is 0 Å². The minimum atomic E-state index is 0.988. The molecule has 1 heterocycles. The molecule has 0 saturated heterocycles. The molecule has 1 aromatic heterocycles. The van der Waals surface area contributed by atoms with Crippen LogP contribution in [0.5, 0.6) is 0 Å². The molecule has 0 amide bonds. The minimum Gasteiger partial charge on any atom is -0.258 e. The number of aryl methyl sites for hydroxylation is 3. The van der Waals surface area contributed by atoms with Gasteiger partial charge in [-0.25, -0.2) is 0 Å². The highest BCUT2D eigenvalue weighted by Crippen LogP contribution is 2.20. The molecule has 0 saturated carbocycles. The summed E-state index contributed by atoms with van der Waals surface area (Å²) in [6, 6.07) is 4.80. The molecule has 0 bridgehead atoms. The highest BCUT2D eigenvalue weighted by atomic mass is 14.7. The molecule has 0 aromatic carbocycles. The van der Waals surface area contributed by atoms with Crippen molar-refractivity contribution in [2.75, 3.05) is 0 Å². The summed E-state index contributed by atoms with van der Waals surface area (Å²) in [4.78, 5) is 5.16. The van der Waals surface area contributed by atoms with E-state index in [0.29, 0.717) is 0 Å². The molecule has 0 aliphatic carbocycles. The molecule has 0 unspecified atom stereocenters. The number of aromatic nitrogens is 1. The fraction of sp³-hybridized carbons (Fsp3) is 0.906. The summed E-state index contributed by atoms with van der Waals surface area (Å²) in [6.07, 6.45) is 80.1. The van der Waals surface area contributed by atoms with Crippen LogP contribution >= 0.6 is 0 Å². The van der Waals surface area contributed by atoms with E-state index < -0.39 is 0 Å². The van der Waals surface area contributed by atoms with Crippen molar-refractivity contribution < 1.29 is 0 Å². The van der Waals surface area contributed by atoms with Crippen molar-refractivity contribution in [2.45, 2.75) is 373 Å². The third-order valence-electron chi connectivity index (χ3n) is 15.0. The van der Waals surface area contributed by atoms with Gasteiger partial charge in [0.2, 0.25) is 0 Å². The summed E-state index contributed by atoms with van der Waals surface area (Å²) in [5, 5.41) is 0. The van der Waals surface area contributed by atoms with E-state index in [1.807, 2.05) is 0 Å². The number of hydrogen-bond donors (Lipinski definition) is 0. The predicted molar refractivity (Wildman–Crippen MR) is 297 cm³/mol. The first-order valence-corrected chi connectivity index (χ1v) is 31.1. The second kappa shape index (κ2) is 54.1. The molecule has 65 heavy (non-hydrogen) atoms. The first-order chi connectivity index (χ1) is 32.3. The molecule has 0 N–H and O–H groups in total. The molecule has 383 valence electrons. The first kappa shape index (κ1) is 62.2. The smallest absolute Gasteiger partial charge is 0.0409 e. The maximum atomic E-state index is 5.16. The third-order valence-corrected chi connectivity index (χ3v) is 15.0. The van der Waals surface area contributed by atoms with Gasteiger partial charge in [0.05, 0.1) is 0 Å². The molecule has 0 aliphatic heterocycles. The van der Waals surface area contributed by atoms with E-state index in [-0.39, 0.29) is 0 Å². The van der Waals surface area contributed by atoms with Crippen molar-refractivity contribution in [3.05, 3.63) is 36.0 Å². The van der Waals surface area contributed by atoms with E-state index in [0.717, 1.165) is 25.7 Å². The summed E-state index contributed by atoms with van der Waals surface area (Å²) in [7, 11) is 0. The highest BCUT2D eigenvalue weighted by Gasteiger charge is 2.05. The Morgan fingerprint density at radius 1 is 0.246 bits per heavy atom. The summed E-state index contributed by atoms with van der Waals surface area (Å²) in [5.74, 6) is 0. The normalized spacial score (nSPS) is 11.7. The van der Waals surface area contributed by atoms with Crippen LogP contribution in [0, 0.1) is 6.92 Å². The lowest BCUT2D eigenvalue weighted by molar-refractivity contribution is 0.515. The standard InChI is InChI=1S/C64H122N/c1-4-7-9-11-13-15-17-19-21-23-25-27-29-31-33-35-37-39-41-43-45-47-49-51-53-55-58-63-60-62(57-6-3)61-64(65-63)59-56-54-52-50-48-46-44-42-40-38-36-34-32-30-28-26-24-22-20-18-16-14-12-10-8-5-2/h60-61H,3-59H2,1-2H3. The van der Waals surface area contributed by atoms with Crippen LogP contribution in [0.4, 0.5) is 0 Å². The van der Waals surface area contributed by atoms with Gasteiger partial charge < -0.3 is 0 Å². The monoisotopic (exact) mass is 905 g/mol. The molecule has 1 nitrogen and oxygen atoms in total. The van der Waals surface area contributed by atoms with Crippen molar-refractivity contribution in [1.82, 2.24) is 4.98 Å². The average molecular weight is 906 g/mol. The predicted octanol–water partition coefficient (Wildman–Crippen LogP) is 23.3. The summed E-state index contributed by atoms with van der Waals surface area (Å²) in [5.41, 5.74) is 4.18. The third kappa shape index (κ3) is 48.0. The lowest BCUT2D eigenvalue weighted by Gasteiger charge is -2.09. The van der Waals surface area contributed by atoms with E-state index in [2.05, 4.69) is 32.9 Å². The molecule has 1 radical (unpaired) electrons. The maximum absolute atomic E-state index is 5.16. The second-order valence-electron chi connectivity index (χ2n) is 21.7. The number of pyridine rings is 1. The van der Waals surface area contributed by atoms with E-state index in [1.54, 1.807) is 0 Å². The second-order valence-corrected chi connectivity index (χ2v) is 21.7. The Balaban J connectivity index is 1.87. The molecular weight excluding hydrogens is 783 g/mol. The number of unbranched alkanes of at least 4 members (excludes halogenated alkanes) is 50. The summed E-state index contributed by atoms with van der Waals surface area (Å²) in [6.45, 7) is 8.78. The van der Waals surface area contributed by atoms with Crippen LogP contribution < -0.4 is 0 Å². The zero-order chi connectivity index (χ0) is 46.5. The van der Waals surface area contributed by atoms with Crippen LogP contribution in [0.25, 0.3) is 0 Å². The Morgan fingerprint density at radius 3 is 0.585 bits per heavy atom. The zero-order valence-electron chi connectivity index (χ0n) is 45.4. The molecule has 0 atom stereocenters. The molecule has 1 aromatic rings. The van der Waals surface area contributed by atoms with Crippen LogP contribution in [0.1, 0.15) is 371 Å². The van der Waals surface area contributed by atoms with Crippen LogP contribution in [0.3, 0.4) is 0 Å². The van der Waals surface area contributed by atoms with Crippen LogP contribution in [-0.2, 0) is 19.3 Å². The summed E-state index contributed by atoms with van der Waals surface area (Å²) >= 11 is 0. The lowest BCUT2D eigenvalue weighted by Crippen LogP contribution is -2.00. The molecule has 0 aliphatic rings. The van der Waals surface area contributed by atoms with Crippen molar-refractivity contribution in [3.63, 3.8) is 0 Å². The van der Waals surface area contributed by atoms with Gasteiger partial charge in [0.25, 0.3) is 0 Å². The van der Waals surface area contributed by atoms with E-state index in [9.17, 15) is 0 Å². The topological polar surface area (TPSA) is 12.9 Å². The largest absolute Gasteiger partial charge is 0.258 e. The van der Waals surface area contributed by atoms with Gasteiger partial charge in [-0.2, -0.15) is 0 Å². The van der Waals surface area contributed by atoms with Gasteiger partial charge in [0.1, 0.15) is 0 Å². The molecular formula is C64H122N. The number of nitrogens with zero attached hydrogens (tertiary/aromatic N) is 1. The number of rotatable bonds is 56. The lowest BCUT2D eigenvalue weighted by atomic mass is 10.0. The van der Waals surface area contributed by atoms with Crippen molar-refractivity contribution >= 4 is 0 Å². The minimum absolute atomic E-state index is 0.988. The van der Waals surface area contributed by atoms with Crippen LogP contribution in [0.2, 0.25) is 0 Å². The Kier molecular flexibility index (Phi) is 51.7. The molecule has 0 spiro atoms. The Bertz CT molecular complexity index is 938. The van der Waals surface area contributed by atoms with Crippen molar-refractivity contribution in [1.29, 1.82) is 0 Å². The van der Waals surface area contributed by atoms with Gasteiger partial charge in [0, 0.05) is 11.4 Å². The summed E-state index contributed by atoms with van der Waals surface area (Å²) < 4.78 is 0. The van der Waals surface area contributed by atoms with Gasteiger partial charge in [-0.1, -0.05) is 342 Å². The fourth-order valence-electron chi connectivity index (χ4n) is 10.6. The van der Waals surface area contributed by atoms with E-state index >= 15 is 0 Å². The average Bonchev–Trinajstić information content (AvgIpc) is 3.31. The van der Waals surface area contributed by atoms with Crippen LogP contribution in [0.15, 0.2) is 12.1 Å². The van der Waals surface area contributed by atoms with E-state index in [1.165, 1.54) is 351 Å². The quantitative estimate of drug-likeness (QED) is 0.0594. The van der Waals surface area contributed by atoms with Crippen molar-refractivity contribution in [2.24, 2.45) is 0 Å². The highest BCUT2D eigenvalue weighted by molar-refractivity contribution is 5.22. The molecule has 0 fully saturated rings. The van der Waals surface area contributed by atoms with Crippen molar-refractivity contribution in [3.8, 4) is 0 Å². The Hall–Kier alpha value is -0.850. The number of hydrogen-bond acceptors (Lipinski definition) is 1.